The van der Waals surface area contributed by atoms with Gasteiger partial charge in [0.25, 0.3) is 0 Å². The minimum Gasteiger partial charge on any atom is -0.210 e. The molecule has 0 saturated heterocycles. The highest BCUT2D eigenvalue weighted by Crippen LogP contribution is 2.79. The van der Waals surface area contributed by atoms with Gasteiger partial charge in [-0.3, -0.25) is 0 Å². The van der Waals surface area contributed by atoms with Crippen LogP contribution in [0.25, 0.3) is 0 Å². The van der Waals surface area contributed by atoms with E-state index in [1.54, 1.807) is 0 Å². The van der Waals surface area contributed by atoms with E-state index < -0.39 is 22.7 Å². The van der Waals surface area contributed by atoms with Gasteiger partial charge in [-0.1, -0.05) is 41.5 Å². The molecule has 0 radical (unpaired) electrons. The second kappa shape index (κ2) is 5.18. The Balaban J connectivity index is 1.80. The largest absolute Gasteiger partial charge is 0.244 e. The highest BCUT2D eigenvalue weighted by Gasteiger charge is 2.77. The average Bonchev–Trinajstić information content (AvgIpc) is 3.33. The first-order chi connectivity index (χ1) is 11.0. The van der Waals surface area contributed by atoms with E-state index >= 15 is 0 Å². The second-order valence-corrected chi connectivity index (χ2v) is 10.5. The number of halogens is 2. The standard InChI is InChI=1S/C21H33F2N/c1-13(2)9-14-10-15(14)18(3,4)21(12-24)11-16(21)19(5,6)20(7-8-20)17(22)23/h13-17H,7-11H2,1-6H3. The zero-order valence-corrected chi connectivity index (χ0v) is 16.1. The van der Waals surface area contributed by atoms with Crippen LogP contribution in [0, 0.1) is 56.7 Å². The summed E-state index contributed by atoms with van der Waals surface area (Å²) in [5.74, 6) is 2.11. The summed E-state index contributed by atoms with van der Waals surface area (Å²) < 4.78 is 27.4. The van der Waals surface area contributed by atoms with E-state index in [1.807, 2.05) is 13.8 Å². The molecule has 0 aliphatic heterocycles. The summed E-state index contributed by atoms with van der Waals surface area (Å²) in [6.07, 6.45) is 2.22. The molecule has 0 N–H and O–H groups in total. The van der Waals surface area contributed by atoms with Gasteiger partial charge in [-0.15, -0.1) is 0 Å². The van der Waals surface area contributed by atoms with Crippen molar-refractivity contribution >= 4 is 0 Å². The van der Waals surface area contributed by atoms with Crippen LogP contribution in [0.5, 0.6) is 0 Å². The highest BCUT2D eigenvalue weighted by atomic mass is 19.3. The van der Waals surface area contributed by atoms with E-state index in [0.717, 1.165) is 12.3 Å². The summed E-state index contributed by atoms with van der Waals surface area (Å²) in [6, 6.07) is 2.64. The van der Waals surface area contributed by atoms with Crippen molar-refractivity contribution in [3.63, 3.8) is 0 Å². The maximum atomic E-state index is 13.7. The van der Waals surface area contributed by atoms with Gasteiger partial charge in [0.15, 0.2) is 0 Å². The Morgan fingerprint density at radius 3 is 2.12 bits per heavy atom. The van der Waals surface area contributed by atoms with Gasteiger partial charge in [0.2, 0.25) is 6.43 Å². The lowest BCUT2D eigenvalue weighted by atomic mass is 9.63. The van der Waals surface area contributed by atoms with Crippen LogP contribution in [0.2, 0.25) is 0 Å². The Labute approximate surface area is 146 Å². The van der Waals surface area contributed by atoms with Gasteiger partial charge in [-0.25, -0.2) is 8.78 Å². The molecule has 3 rings (SSSR count). The predicted molar refractivity (Wildman–Crippen MR) is 92.4 cm³/mol. The van der Waals surface area contributed by atoms with E-state index in [2.05, 4.69) is 33.8 Å². The number of hydrogen-bond acceptors (Lipinski definition) is 1. The zero-order chi connectivity index (χ0) is 18.1. The van der Waals surface area contributed by atoms with Crippen LogP contribution < -0.4 is 0 Å². The van der Waals surface area contributed by atoms with Crippen molar-refractivity contribution in [2.75, 3.05) is 0 Å². The molecular formula is C21H33F2N. The summed E-state index contributed by atoms with van der Waals surface area (Å²) in [4.78, 5) is 0. The van der Waals surface area contributed by atoms with Crippen LogP contribution in [-0.4, -0.2) is 6.43 Å². The Morgan fingerprint density at radius 1 is 1.12 bits per heavy atom. The fourth-order valence-electron chi connectivity index (χ4n) is 6.07. The first-order valence-electron chi connectivity index (χ1n) is 9.65. The van der Waals surface area contributed by atoms with Gasteiger partial charge in [-0.2, -0.15) is 5.26 Å². The van der Waals surface area contributed by atoms with Gasteiger partial charge in [-0.05, 0) is 66.6 Å². The third kappa shape index (κ3) is 2.27. The molecule has 0 aromatic heterocycles. The molecule has 0 aromatic rings. The van der Waals surface area contributed by atoms with Crippen LogP contribution in [0.15, 0.2) is 0 Å². The summed E-state index contributed by atoms with van der Waals surface area (Å²) in [5.41, 5.74) is -1.76. The number of rotatable bonds is 7. The van der Waals surface area contributed by atoms with E-state index in [0.29, 0.717) is 24.7 Å². The van der Waals surface area contributed by atoms with Crippen LogP contribution in [0.3, 0.4) is 0 Å². The summed E-state index contributed by atoms with van der Waals surface area (Å²) >= 11 is 0. The SMILES string of the molecule is CC(C)CC1CC1C(C)(C)C1(C#N)CC1C(C)(C)C1(C(F)F)CC1. The van der Waals surface area contributed by atoms with Gasteiger partial charge >= 0.3 is 0 Å². The molecule has 0 spiro atoms. The minimum absolute atomic E-state index is 0.0680. The normalized spacial score (nSPS) is 37.5. The van der Waals surface area contributed by atoms with Crippen molar-refractivity contribution in [1.82, 2.24) is 0 Å². The van der Waals surface area contributed by atoms with Crippen molar-refractivity contribution in [3.8, 4) is 6.07 Å². The molecule has 0 amide bonds. The lowest BCUT2D eigenvalue weighted by molar-refractivity contribution is -0.0343. The Morgan fingerprint density at radius 2 is 1.71 bits per heavy atom. The molecule has 136 valence electrons. The zero-order valence-electron chi connectivity index (χ0n) is 16.1. The molecule has 24 heavy (non-hydrogen) atoms. The quantitative estimate of drug-likeness (QED) is 0.535. The Kier molecular flexibility index (Phi) is 3.92. The van der Waals surface area contributed by atoms with E-state index in [1.165, 1.54) is 12.8 Å². The molecule has 1 nitrogen and oxygen atoms in total. The Hall–Kier alpha value is -0.650. The van der Waals surface area contributed by atoms with Gasteiger partial charge in [0.1, 0.15) is 0 Å². The molecule has 4 unspecified atom stereocenters. The lowest BCUT2D eigenvalue weighted by Gasteiger charge is -2.40. The first kappa shape index (κ1) is 18.2. The van der Waals surface area contributed by atoms with E-state index in [4.69, 9.17) is 0 Å². The molecular weight excluding hydrogens is 304 g/mol. The third-order valence-corrected chi connectivity index (χ3v) is 8.29. The summed E-state index contributed by atoms with van der Waals surface area (Å²) in [5, 5.41) is 10.1. The third-order valence-electron chi connectivity index (χ3n) is 8.29. The first-order valence-corrected chi connectivity index (χ1v) is 9.65. The van der Waals surface area contributed by atoms with E-state index in [9.17, 15) is 14.0 Å². The van der Waals surface area contributed by atoms with Crippen molar-refractivity contribution in [2.24, 2.45) is 45.3 Å². The number of hydrogen-bond donors (Lipinski definition) is 0. The summed E-state index contributed by atoms with van der Waals surface area (Å²) in [6.45, 7) is 13.0. The van der Waals surface area contributed by atoms with E-state index in [-0.39, 0.29) is 11.3 Å². The molecule has 0 bridgehead atoms. The van der Waals surface area contributed by atoms with Gasteiger partial charge in [0.05, 0.1) is 11.5 Å². The van der Waals surface area contributed by atoms with Crippen LogP contribution in [-0.2, 0) is 0 Å². The lowest BCUT2D eigenvalue weighted by Crippen LogP contribution is -2.39. The van der Waals surface area contributed by atoms with Gasteiger partial charge < -0.3 is 0 Å². The predicted octanol–water partition coefficient (Wildman–Crippen LogP) is 6.30. The molecule has 3 saturated carbocycles. The van der Waals surface area contributed by atoms with Crippen LogP contribution >= 0.6 is 0 Å². The number of nitrogens with zero attached hydrogens (tertiary/aromatic N) is 1. The maximum absolute atomic E-state index is 13.7. The summed E-state index contributed by atoms with van der Waals surface area (Å²) in [7, 11) is 0. The fourth-order valence-corrected chi connectivity index (χ4v) is 6.07. The molecule has 3 aliphatic rings. The molecule has 3 heteroatoms. The molecule has 3 aliphatic carbocycles. The van der Waals surface area contributed by atoms with Crippen molar-refractivity contribution in [2.45, 2.75) is 80.1 Å². The smallest absolute Gasteiger partial charge is 0.210 e. The topological polar surface area (TPSA) is 23.8 Å². The molecule has 0 heterocycles. The number of alkyl halides is 2. The van der Waals surface area contributed by atoms with Gasteiger partial charge in [0, 0.05) is 5.41 Å². The fraction of sp³-hybridized carbons (Fsp3) is 0.952. The number of nitriles is 1. The Bertz CT molecular complexity index is 553. The van der Waals surface area contributed by atoms with Crippen molar-refractivity contribution in [1.29, 1.82) is 5.26 Å². The minimum atomic E-state index is -2.26. The van der Waals surface area contributed by atoms with Crippen molar-refractivity contribution < 1.29 is 8.78 Å². The monoisotopic (exact) mass is 337 g/mol. The van der Waals surface area contributed by atoms with Crippen LogP contribution in [0.1, 0.15) is 73.6 Å². The second-order valence-electron chi connectivity index (χ2n) is 10.5. The highest BCUT2D eigenvalue weighted by molar-refractivity contribution is 5.30. The molecule has 0 aromatic carbocycles. The van der Waals surface area contributed by atoms with Crippen LogP contribution in [0.4, 0.5) is 8.78 Å². The van der Waals surface area contributed by atoms with Crippen molar-refractivity contribution in [3.05, 3.63) is 0 Å². The molecule has 4 atom stereocenters. The average molecular weight is 337 g/mol. The molecule has 3 fully saturated rings. The maximum Gasteiger partial charge on any atom is 0.244 e.